The molecule has 1 saturated carbocycles. The van der Waals surface area contributed by atoms with Gasteiger partial charge in [-0.2, -0.15) is 0 Å². The number of benzene rings is 2. The van der Waals surface area contributed by atoms with Crippen LogP contribution in [0.25, 0.3) is 33.6 Å². The van der Waals surface area contributed by atoms with Gasteiger partial charge in [0.1, 0.15) is 17.5 Å². The number of carbonyl (C=O) groups is 1. The van der Waals surface area contributed by atoms with E-state index in [0.29, 0.717) is 11.3 Å². The normalized spacial score (nSPS) is 14.1. The zero-order valence-corrected chi connectivity index (χ0v) is 15.5. The lowest BCUT2D eigenvalue weighted by molar-refractivity contribution is 0.0882. The van der Waals surface area contributed by atoms with Crippen molar-refractivity contribution >= 4 is 16.8 Å². The van der Waals surface area contributed by atoms with E-state index in [1.807, 2.05) is 0 Å². The Kier molecular flexibility index (Phi) is 4.30. The van der Waals surface area contributed by atoms with Crippen molar-refractivity contribution in [2.75, 3.05) is 0 Å². The van der Waals surface area contributed by atoms with Gasteiger partial charge in [0.05, 0.1) is 16.8 Å². The molecule has 6 nitrogen and oxygen atoms in total. The van der Waals surface area contributed by atoms with Crippen LogP contribution in [-0.4, -0.2) is 27.1 Å². The molecule has 4 aromatic rings. The number of halogens is 3. The molecule has 0 atom stereocenters. The van der Waals surface area contributed by atoms with Crippen LogP contribution in [0.5, 0.6) is 0 Å². The van der Waals surface area contributed by atoms with Crippen molar-refractivity contribution in [1.82, 2.24) is 20.5 Å². The molecule has 0 radical (unpaired) electrons. The lowest BCUT2D eigenvalue weighted by Gasteiger charge is -2.25. The fourth-order valence-electron chi connectivity index (χ4n) is 3.49. The third-order valence-corrected chi connectivity index (χ3v) is 5.23. The molecule has 0 spiro atoms. The number of nitrogens with one attached hydrogen (secondary N) is 2. The van der Waals surface area contributed by atoms with Gasteiger partial charge >= 0.3 is 11.8 Å². The first kappa shape index (κ1) is 18.4. The molecule has 0 unspecified atom stereocenters. The van der Waals surface area contributed by atoms with Crippen LogP contribution in [0.2, 0.25) is 0 Å². The van der Waals surface area contributed by atoms with Crippen LogP contribution in [0, 0.1) is 17.5 Å². The van der Waals surface area contributed by atoms with Crippen LogP contribution in [-0.2, 0) is 0 Å². The summed E-state index contributed by atoms with van der Waals surface area (Å²) in [5, 5.41) is 10.7. The van der Waals surface area contributed by atoms with Crippen molar-refractivity contribution in [3.8, 4) is 22.7 Å². The van der Waals surface area contributed by atoms with Crippen molar-refractivity contribution in [2.45, 2.75) is 25.3 Å². The second kappa shape index (κ2) is 7.01. The van der Waals surface area contributed by atoms with Crippen molar-refractivity contribution in [1.29, 1.82) is 0 Å². The van der Waals surface area contributed by atoms with Gasteiger partial charge in [-0.05, 0) is 55.2 Å². The fourth-order valence-corrected chi connectivity index (χ4v) is 3.49. The van der Waals surface area contributed by atoms with Gasteiger partial charge in [0, 0.05) is 17.5 Å². The Morgan fingerprint density at radius 1 is 1.07 bits per heavy atom. The zero-order chi connectivity index (χ0) is 20.8. The van der Waals surface area contributed by atoms with E-state index in [9.17, 15) is 18.0 Å². The number of rotatable bonds is 4. The van der Waals surface area contributed by atoms with E-state index >= 15 is 0 Å². The minimum atomic E-state index is -0.804. The minimum Gasteiger partial charge on any atom is -0.412 e. The molecule has 1 fully saturated rings. The summed E-state index contributed by atoms with van der Waals surface area (Å²) in [7, 11) is 0. The summed E-state index contributed by atoms with van der Waals surface area (Å²) in [6.45, 7) is 0. The summed E-state index contributed by atoms with van der Waals surface area (Å²) in [6, 6.07) is 7.42. The quantitative estimate of drug-likeness (QED) is 0.514. The summed E-state index contributed by atoms with van der Waals surface area (Å²) >= 11 is 0. The molecule has 0 bridgehead atoms. The van der Waals surface area contributed by atoms with Gasteiger partial charge in [0.2, 0.25) is 0 Å². The zero-order valence-electron chi connectivity index (χ0n) is 15.5. The van der Waals surface area contributed by atoms with Crippen LogP contribution in [0.4, 0.5) is 13.2 Å². The molecular formula is C21H15F3N4O2. The van der Waals surface area contributed by atoms with E-state index in [1.54, 1.807) is 0 Å². The standard InChI is InChI=1S/C21H15F3N4O2/c22-11-6-4-10(5-7-11)17-16(14-8-12(23)9-15(24)18(14)26-17)20-27-28-21(30-20)19(29)25-13-2-1-3-13/h4-9,13,26H,1-3H2,(H,25,29). The molecule has 1 amide bonds. The number of carbonyl (C=O) groups excluding carboxylic acids is 1. The van der Waals surface area contributed by atoms with Crippen LogP contribution in [0.15, 0.2) is 40.8 Å². The number of H-pyrrole nitrogens is 1. The van der Waals surface area contributed by atoms with Crippen molar-refractivity contribution in [2.24, 2.45) is 0 Å². The van der Waals surface area contributed by atoms with Gasteiger partial charge in [0.15, 0.2) is 0 Å². The Morgan fingerprint density at radius 2 is 1.83 bits per heavy atom. The molecule has 2 heterocycles. The molecule has 9 heteroatoms. The van der Waals surface area contributed by atoms with Crippen molar-refractivity contribution < 1.29 is 22.4 Å². The first-order chi connectivity index (χ1) is 14.5. The highest BCUT2D eigenvalue weighted by molar-refractivity contribution is 6.02. The smallest absolute Gasteiger partial charge is 0.309 e. The Labute approximate surface area is 168 Å². The van der Waals surface area contributed by atoms with Crippen LogP contribution < -0.4 is 5.32 Å². The first-order valence-corrected chi connectivity index (χ1v) is 9.41. The highest BCUT2D eigenvalue weighted by Gasteiger charge is 2.26. The third-order valence-electron chi connectivity index (χ3n) is 5.23. The van der Waals surface area contributed by atoms with Gasteiger partial charge in [-0.15, -0.1) is 10.2 Å². The number of aromatic nitrogens is 3. The Bertz CT molecular complexity index is 1260. The van der Waals surface area contributed by atoms with Gasteiger partial charge in [-0.25, -0.2) is 13.2 Å². The number of aromatic amines is 1. The van der Waals surface area contributed by atoms with E-state index in [0.717, 1.165) is 31.4 Å². The number of hydrogen-bond donors (Lipinski definition) is 2. The Balaban J connectivity index is 1.64. The fraction of sp³-hybridized carbons (Fsp3) is 0.190. The number of hydrogen-bond acceptors (Lipinski definition) is 4. The summed E-state index contributed by atoms with van der Waals surface area (Å²) in [6.07, 6.45) is 2.83. The molecule has 30 heavy (non-hydrogen) atoms. The third kappa shape index (κ3) is 3.12. The SMILES string of the molecule is O=C(NC1CCC1)c1nnc(-c2c(-c3ccc(F)cc3)[nH]c3c(F)cc(F)cc23)o1. The molecule has 2 aromatic heterocycles. The topological polar surface area (TPSA) is 83.8 Å². The molecule has 1 aliphatic rings. The summed E-state index contributed by atoms with van der Waals surface area (Å²) in [5.41, 5.74) is 1.10. The average Bonchev–Trinajstić information content (AvgIpc) is 3.30. The second-order valence-electron chi connectivity index (χ2n) is 7.21. The predicted molar refractivity (Wildman–Crippen MR) is 102 cm³/mol. The van der Waals surface area contributed by atoms with E-state index in [-0.39, 0.29) is 34.3 Å². The molecule has 1 aliphatic carbocycles. The van der Waals surface area contributed by atoms with Crippen LogP contribution >= 0.6 is 0 Å². The van der Waals surface area contributed by atoms with E-state index in [4.69, 9.17) is 4.42 Å². The summed E-state index contributed by atoms with van der Waals surface area (Å²) < 4.78 is 47.3. The molecular weight excluding hydrogens is 397 g/mol. The monoisotopic (exact) mass is 412 g/mol. The van der Waals surface area contributed by atoms with Gasteiger partial charge < -0.3 is 14.7 Å². The van der Waals surface area contributed by atoms with Crippen LogP contribution in [0.3, 0.4) is 0 Å². The summed E-state index contributed by atoms with van der Waals surface area (Å²) in [4.78, 5) is 15.2. The maximum atomic E-state index is 14.4. The second-order valence-corrected chi connectivity index (χ2v) is 7.21. The molecule has 5 rings (SSSR count). The molecule has 0 aliphatic heterocycles. The number of fused-ring (bicyclic) bond motifs is 1. The first-order valence-electron chi connectivity index (χ1n) is 9.41. The van der Waals surface area contributed by atoms with E-state index in [1.165, 1.54) is 24.3 Å². The van der Waals surface area contributed by atoms with Gasteiger partial charge in [0.25, 0.3) is 5.89 Å². The van der Waals surface area contributed by atoms with Crippen molar-refractivity contribution in [3.05, 3.63) is 59.7 Å². The maximum Gasteiger partial charge on any atom is 0.309 e. The van der Waals surface area contributed by atoms with Crippen LogP contribution in [0.1, 0.15) is 29.9 Å². The number of amides is 1. The highest BCUT2D eigenvalue weighted by atomic mass is 19.1. The Hall–Kier alpha value is -3.62. The Morgan fingerprint density at radius 3 is 2.53 bits per heavy atom. The van der Waals surface area contributed by atoms with Gasteiger partial charge in [-0.3, -0.25) is 4.79 Å². The average molecular weight is 412 g/mol. The molecule has 0 saturated heterocycles. The van der Waals surface area contributed by atoms with Crippen molar-refractivity contribution in [3.63, 3.8) is 0 Å². The van der Waals surface area contributed by atoms with E-state index < -0.39 is 23.4 Å². The molecule has 2 N–H and O–H groups in total. The highest BCUT2D eigenvalue weighted by Crippen LogP contribution is 2.39. The van der Waals surface area contributed by atoms with E-state index in [2.05, 4.69) is 20.5 Å². The molecule has 152 valence electrons. The lowest BCUT2D eigenvalue weighted by atomic mass is 9.93. The summed E-state index contributed by atoms with van der Waals surface area (Å²) in [5.74, 6) is -2.85. The largest absolute Gasteiger partial charge is 0.412 e. The lowest BCUT2D eigenvalue weighted by Crippen LogP contribution is -2.39. The van der Waals surface area contributed by atoms with Gasteiger partial charge in [-0.1, -0.05) is 0 Å². The maximum absolute atomic E-state index is 14.4. The number of nitrogens with zero attached hydrogens (tertiary/aromatic N) is 2. The predicted octanol–water partition coefficient (Wildman–Crippen LogP) is 4.58. The minimum absolute atomic E-state index is 0.0318. The molecule has 2 aromatic carbocycles.